The summed E-state index contributed by atoms with van der Waals surface area (Å²) in [5.74, 6) is 1.33. The van der Waals surface area contributed by atoms with Crippen LogP contribution >= 0.6 is 0 Å². The van der Waals surface area contributed by atoms with Crippen molar-refractivity contribution in [2.24, 2.45) is 5.92 Å². The van der Waals surface area contributed by atoms with Gasteiger partial charge in [0.2, 0.25) is 0 Å². The number of ether oxygens (including phenoxy) is 1. The highest BCUT2D eigenvalue weighted by molar-refractivity contribution is 5.56. The van der Waals surface area contributed by atoms with E-state index in [2.05, 4.69) is 12.2 Å². The van der Waals surface area contributed by atoms with E-state index in [-0.39, 0.29) is 5.69 Å². The Morgan fingerprint density at radius 3 is 2.78 bits per heavy atom. The van der Waals surface area contributed by atoms with E-state index < -0.39 is 4.92 Å². The summed E-state index contributed by atoms with van der Waals surface area (Å²) in [5, 5.41) is 14.1. The second-order valence-corrected chi connectivity index (χ2v) is 4.90. The topological polar surface area (TPSA) is 64.4 Å². The number of hydrogen-bond donors (Lipinski definition) is 1. The van der Waals surface area contributed by atoms with Gasteiger partial charge in [-0.05, 0) is 19.3 Å². The van der Waals surface area contributed by atoms with Gasteiger partial charge in [-0.2, -0.15) is 0 Å². The molecule has 0 radical (unpaired) electrons. The zero-order chi connectivity index (χ0) is 13.1. The Morgan fingerprint density at radius 2 is 2.22 bits per heavy atom. The lowest BCUT2D eigenvalue weighted by Gasteiger charge is -2.15. The fourth-order valence-corrected chi connectivity index (χ4v) is 2.09. The first-order valence-corrected chi connectivity index (χ1v) is 6.18. The van der Waals surface area contributed by atoms with Gasteiger partial charge in [0.05, 0.1) is 18.1 Å². The molecule has 1 aliphatic rings. The molecule has 98 valence electrons. The van der Waals surface area contributed by atoms with Gasteiger partial charge in [-0.1, -0.05) is 12.8 Å². The molecule has 2 rings (SSSR count). The molecule has 1 N–H and O–H groups in total. The van der Waals surface area contributed by atoms with Gasteiger partial charge >= 0.3 is 0 Å². The maximum absolute atomic E-state index is 10.8. The van der Waals surface area contributed by atoms with Crippen molar-refractivity contribution in [3.8, 4) is 5.75 Å². The fraction of sp³-hybridized carbons (Fsp3) is 0.538. The number of nitro benzene ring substituents is 1. The number of anilines is 1. The zero-order valence-corrected chi connectivity index (χ0v) is 10.7. The number of hydrogen-bond acceptors (Lipinski definition) is 4. The lowest BCUT2D eigenvalue weighted by Crippen LogP contribution is -2.15. The van der Waals surface area contributed by atoms with E-state index in [1.54, 1.807) is 12.1 Å². The predicted molar refractivity (Wildman–Crippen MR) is 70.1 cm³/mol. The molecule has 1 aromatic carbocycles. The zero-order valence-electron chi connectivity index (χ0n) is 10.7. The van der Waals surface area contributed by atoms with Crippen LogP contribution in [-0.2, 0) is 0 Å². The Hall–Kier alpha value is -1.78. The van der Waals surface area contributed by atoms with Gasteiger partial charge in [0, 0.05) is 23.9 Å². The molecule has 0 aromatic heterocycles. The van der Waals surface area contributed by atoms with E-state index in [0.717, 1.165) is 18.0 Å². The average molecular weight is 250 g/mol. The van der Waals surface area contributed by atoms with E-state index >= 15 is 0 Å². The van der Waals surface area contributed by atoms with Crippen LogP contribution in [0.25, 0.3) is 0 Å². The molecule has 5 heteroatoms. The summed E-state index contributed by atoms with van der Waals surface area (Å²) in [4.78, 5) is 10.4. The minimum atomic E-state index is -0.404. The van der Waals surface area contributed by atoms with Crippen LogP contribution in [0.5, 0.6) is 5.75 Å². The SMILES string of the molecule is COc1cc(NC(C)CC2CC2)cc([N+](=O)[O-])c1. The van der Waals surface area contributed by atoms with Gasteiger partial charge in [-0.15, -0.1) is 0 Å². The first-order chi connectivity index (χ1) is 8.58. The van der Waals surface area contributed by atoms with E-state index in [1.165, 1.54) is 26.0 Å². The highest BCUT2D eigenvalue weighted by atomic mass is 16.6. The molecule has 1 fully saturated rings. The van der Waals surface area contributed by atoms with E-state index in [1.807, 2.05) is 0 Å². The maximum atomic E-state index is 10.8. The minimum Gasteiger partial charge on any atom is -0.496 e. The Morgan fingerprint density at radius 1 is 1.50 bits per heavy atom. The number of benzene rings is 1. The number of non-ortho nitro benzene ring substituents is 1. The van der Waals surface area contributed by atoms with Crippen molar-refractivity contribution in [3.63, 3.8) is 0 Å². The molecule has 0 heterocycles. The summed E-state index contributed by atoms with van der Waals surface area (Å²) >= 11 is 0. The third-order valence-electron chi connectivity index (χ3n) is 3.13. The van der Waals surface area contributed by atoms with Crippen LogP contribution in [0.4, 0.5) is 11.4 Å². The minimum absolute atomic E-state index is 0.0514. The molecule has 0 spiro atoms. The Balaban J connectivity index is 2.09. The summed E-state index contributed by atoms with van der Waals surface area (Å²) in [6.45, 7) is 2.10. The van der Waals surface area contributed by atoms with Gasteiger partial charge in [-0.25, -0.2) is 0 Å². The first kappa shape index (κ1) is 12.7. The summed E-state index contributed by atoms with van der Waals surface area (Å²) in [5.41, 5.74) is 0.796. The largest absolute Gasteiger partial charge is 0.496 e. The maximum Gasteiger partial charge on any atom is 0.275 e. The normalized spacial score (nSPS) is 16.1. The highest BCUT2D eigenvalue weighted by Crippen LogP contribution is 2.34. The standard InChI is InChI=1S/C13H18N2O3/c1-9(5-10-3-4-10)14-11-6-12(15(16)17)8-13(7-11)18-2/h6-10,14H,3-5H2,1-2H3. The van der Waals surface area contributed by atoms with Crippen LogP contribution in [-0.4, -0.2) is 18.1 Å². The predicted octanol–water partition coefficient (Wildman–Crippen LogP) is 3.20. The van der Waals surface area contributed by atoms with Crippen LogP contribution < -0.4 is 10.1 Å². The lowest BCUT2D eigenvalue weighted by molar-refractivity contribution is -0.384. The molecular weight excluding hydrogens is 232 g/mol. The number of nitrogens with one attached hydrogen (secondary N) is 1. The third kappa shape index (κ3) is 3.35. The van der Waals surface area contributed by atoms with Crippen molar-refractivity contribution in [3.05, 3.63) is 28.3 Å². The van der Waals surface area contributed by atoms with Gasteiger partial charge < -0.3 is 10.1 Å². The summed E-state index contributed by atoms with van der Waals surface area (Å²) in [7, 11) is 1.51. The van der Waals surface area contributed by atoms with Gasteiger partial charge in [0.1, 0.15) is 5.75 Å². The monoisotopic (exact) mass is 250 g/mol. The second-order valence-electron chi connectivity index (χ2n) is 4.90. The van der Waals surface area contributed by atoms with Crippen molar-refractivity contribution in [1.29, 1.82) is 0 Å². The third-order valence-corrected chi connectivity index (χ3v) is 3.13. The summed E-state index contributed by atoms with van der Waals surface area (Å²) in [6, 6.07) is 5.09. The summed E-state index contributed by atoms with van der Waals surface area (Å²) in [6.07, 6.45) is 3.74. The van der Waals surface area contributed by atoms with Crippen molar-refractivity contribution in [2.75, 3.05) is 12.4 Å². The summed E-state index contributed by atoms with van der Waals surface area (Å²) < 4.78 is 5.08. The fourth-order valence-electron chi connectivity index (χ4n) is 2.09. The molecule has 1 aromatic rings. The van der Waals surface area contributed by atoms with Crippen LogP contribution in [0.1, 0.15) is 26.2 Å². The van der Waals surface area contributed by atoms with Gasteiger partial charge in [-0.3, -0.25) is 10.1 Å². The number of rotatable bonds is 6. The molecule has 1 aliphatic carbocycles. The molecular formula is C13H18N2O3. The molecule has 1 saturated carbocycles. The average Bonchev–Trinajstić information content (AvgIpc) is 3.12. The molecule has 5 nitrogen and oxygen atoms in total. The van der Waals surface area contributed by atoms with E-state index in [0.29, 0.717) is 11.8 Å². The van der Waals surface area contributed by atoms with E-state index in [9.17, 15) is 10.1 Å². The molecule has 18 heavy (non-hydrogen) atoms. The highest BCUT2D eigenvalue weighted by Gasteiger charge is 2.23. The van der Waals surface area contributed by atoms with Crippen molar-refractivity contribution in [1.82, 2.24) is 0 Å². The number of nitrogens with zero attached hydrogens (tertiary/aromatic N) is 1. The second kappa shape index (κ2) is 5.25. The molecule has 1 atom stereocenters. The van der Waals surface area contributed by atoms with Crippen molar-refractivity contribution >= 4 is 11.4 Å². The molecule has 0 bridgehead atoms. The van der Waals surface area contributed by atoms with Crippen molar-refractivity contribution < 1.29 is 9.66 Å². The Bertz CT molecular complexity index is 444. The number of methoxy groups -OCH3 is 1. The lowest BCUT2D eigenvalue weighted by atomic mass is 10.1. The van der Waals surface area contributed by atoms with Gasteiger partial charge in [0.15, 0.2) is 0 Å². The molecule has 1 unspecified atom stereocenters. The quantitative estimate of drug-likeness (QED) is 0.622. The van der Waals surface area contributed by atoms with Crippen molar-refractivity contribution in [2.45, 2.75) is 32.2 Å². The van der Waals surface area contributed by atoms with Crippen LogP contribution in [0.2, 0.25) is 0 Å². The van der Waals surface area contributed by atoms with E-state index in [4.69, 9.17) is 4.74 Å². The van der Waals surface area contributed by atoms with Gasteiger partial charge in [0.25, 0.3) is 5.69 Å². The Labute approximate surface area is 106 Å². The molecule has 0 saturated heterocycles. The van der Waals surface area contributed by atoms with Crippen LogP contribution in [0, 0.1) is 16.0 Å². The molecule has 0 amide bonds. The Kier molecular flexibility index (Phi) is 3.69. The smallest absolute Gasteiger partial charge is 0.275 e. The van der Waals surface area contributed by atoms with Crippen LogP contribution in [0.15, 0.2) is 18.2 Å². The van der Waals surface area contributed by atoms with Crippen LogP contribution in [0.3, 0.4) is 0 Å². The first-order valence-electron chi connectivity index (χ1n) is 6.18. The number of nitro groups is 1. The molecule has 0 aliphatic heterocycles.